The zero-order valence-electron chi connectivity index (χ0n) is 19.1. The second-order valence-corrected chi connectivity index (χ2v) is 10.5. The van der Waals surface area contributed by atoms with Gasteiger partial charge in [-0.15, -0.1) is 0 Å². The Bertz CT molecular complexity index is 567. The van der Waals surface area contributed by atoms with Crippen LogP contribution in [-0.2, 0) is 5.41 Å². The van der Waals surface area contributed by atoms with Gasteiger partial charge in [-0.3, -0.25) is 4.90 Å². The van der Waals surface area contributed by atoms with Crippen molar-refractivity contribution in [3.63, 3.8) is 0 Å². The highest BCUT2D eigenvalue weighted by Gasteiger charge is 2.27. The topological polar surface area (TPSA) is 32.7 Å². The summed E-state index contributed by atoms with van der Waals surface area (Å²) in [7, 11) is 0. The minimum atomic E-state index is -0.445. The summed E-state index contributed by atoms with van der Waals surface area (Å²) in [5.41, 5.74) is 1.77. The third kappa shape index (κ3) is 7.40. The second-order valence-electron chi connectivity index (χ2n) is 10.5. The largest absolute Gasteiger partial charge is 0.491 e. The summed E-state index contributed by atoms with van der Waals surface area (Å²) in [6, 6.07) is 9.08. The number of aliphatic hydroxyl groups excluding tert-OH is 1. The van der Waals surface area contributed by atoms with E-state index in [1.54, 1.807) is 0 Å². The van der Waals surface area contributed by atoms with Gasteiger partial charge in [0.05, 0.1) is 0 Å². The van der Waals surface area contributed by atoms with Gasteiger partial charge in [-0.05, 0) is 54.3 Å². The molecular weight excluding hydrogens is 346 g/mol. The minimum Gasteiger partial charge on any atom is -0.491 e. The van der Waals surface area contributed by atoms with Gasteiger partial charge in [-0.2, -0.15) is 0 Å². The molecule has 1 aromatic carbocycles. The first-order chi connectivity index (χ1) is 13.1. The molecule has 0 aromatic heterocycles. The highest BCUT2D eigenvalue weighted by molar-refractivity contribution is 5.31. The lowest BCUT2D eigenvalue weighted by molar-refractivity contribution is 0.0463. The lowest BCUT2D eigenvalue weighted by Crippen LogP contribution is -2.43. The number of hydrogen-bond acceptors (Lipinski definition) is 3. The lowest BCUT2D eigenvalue weighted by Gasteiger charge is -2.34. The van der Waals surface area contributed by atoms with E-state index in [9.17, 15) is 5.11 Å². The van der Waals surface area contributed by atoms with Crippen LogP contribution in [-0.4, -0.2) is 41.8 Å². The van der Waals surface area contributed by atoms with Crippen molar-refractivity contribution in [2.24, 2.45) is 5.41 Å². The van der Waals surface area contributed by atoms with Crippen LogP contribution in [0.2, 0.25) is 0 Å². The van der Waals surface area contributed by atoms with Gasteiger partial charge in [0, 0.05) is 12.6 Å². The monoisotopic (exact) mass is 389 g/mol. The van der Waals surface area contributed by atoms with Crippen molar-refractivity contribution in [2.45, 2.75) is 97.6 Å². The molecule has 2 rings (SSSR count). The van der Waals surface area contributed by atoms with Crippen molar-refractivity contribution in [2.75, 3.05) is 19.7 Å². The maximum absolute atomic E-state index is 10.5. The van der Waals surface area contributed by atoms with Gasteiger partial charge in [0.2, 0.25) is 0 Å². The van der Waals surface area contributed by atoms with Crippen LogP contribution in [0.1, 0.15) is 85.6 Å². The van der Waals surface area contributed by atoms with Crippen LogP contribution in [0, 0.1) is 5.41 Å². The summed E-state index contributed by atoms with van der Waals surface area (Å²) < 4.78 is 5.89. The normalized spacial score (nSPS) is 17.7. The predicted octanol–water partition coefficient (Wildman–Crippen LogP) is 5.79. The first kappa shape index (κ1) is 23.2. The van der Waals surface area contributed by atoms with Gasteiger partial charge in [0.15, 0.2) is 0 Å². The number of hydrogen-bond donors (Lipinski definition) is 1. The Kier molecular flexibility index (Phi) is 8.39. The molecule has 0 amide bonds. The summed E-state index contributed by atoms with van der Waals surface area (Å²) in [4.78, 5) is 2.44. The van der Waals surface area contributed by atoms with E-state index >= 15 is 0 Å². The third-order valence-electron chi connectivity index (χ3n) is 5.99. The number of nitrogens with zero attached hydrogens (tertiary/aromatic N) is 1. The van der Waals surface area contributed by atoms with Crippen LogP contribution < -0.4 is 4.74 Å². The average Bonchev–Trinajstić information content (AvgIpc) is 2.63. The summed E-state index contributed by atoms with van der Waals surface area (Å²) in [6.45, 7) is 15.7. The van der Waals surface area contributed by atoms with Gasteiger partial charge < -0.3 is 9.84 Å². The molecular formula is C25H43NO2. The van der Waals surface area contributed by atoms with Crippen molar-refractivity contribution in [1.82, 2.24) is 4.90 Å². The molecule has 0 radical (unpaired) electrons. The molecule has 1 saturated carbocycles. The lowest BCUT2D eigenvalue weighted by atomic mass is 9.72. The molecule has 3 heteroatoms. The highest BCUT2D eigenvalue weighted by Crippen LogP contribution is 2.36. The van der Waals surface area contributed by atoms with E-state index in [0.29, 0.717) is 24.6 Å². The number of likely N-dealkylation sites (N-methyl/N-ethyl adjacent to an activating group) is 1. The molecule has 1 aliphatic rings. The Labute approximate surface area is 173 Å². The molecule has 0 spiro atoms. The molecule has 0 heterocycles. The van der Waals surface area contributed by atoms with E-state index in [0.717, 1.165) is 18.7 Å². The first-order valence-electron chi connectivity index (χ1n) is 11.3. The fourth-order valence-corrected chi connectivity index (χ4v) is 4.93. The highest BCUT2D eigenvalue weighted by atomic mass is 16.5. The van der Waals surface area contributed by atoms with E-state index < -0.39 is 6.10 Å². The fraction of sp³-hybridized carbons (Fsp3) is 0.760. The molecule has 0 aliphatic heterocycles. The Morgan fingerprint density at radius 3 is 2.18 bits per heavy atom. The smallest absolute Gasteiger partial charge is 0.119 e. The molecule has 3 nitrogen and oxygen atoms in total. The zero-order valence-corrected chi connectivity index (χ0v) is 19.1. The number of aliphatic hydroxyl groups is 1. The van der Waals surface area contributed by atoms with Crippen molar-refractivity contribution in [1.29, 1.82) is 0 Å². The van der Waals surface area contributed by atoms with Gasteiger partial charge in [0.1, 0.15) is 18.5 Å². The summed E-state index contributed by atoms with van der Waals surface area (Å²) in [6.07, 6.45) is 7.24. The fourth-order valence-electron chi connectivity index (χ4n) is 4.93. The number of ether oxygens (including phenoxy) is 1. The predicted molar refractivity (Wildman–Crippen MR) is 119 cm³/mol. The standard InChI is InChI=1S/C25H43NO2/c1-7-26(21-11-9-8-10-12-21)17-22(27)18-28-23-15-13-20(14-16-23)25(5,6)19-24(2,3)4/h13-16,21-22,27H,7-12,17-19H2,1-6H3/t22-/m1/s1. The molecule has 1 aliphatic carbocycles. The number of rotatable bonds is 9. The molecule has 1 N–H and O–H groups in total. The van der Waals surface area contributed by atoms with Crippen LogP contribution in [0.4, 0.5) is 0 Å². The summed E-state index contributed by atoms with van der Waals surface area (Å²) in [5, 5.41) is 10.5. The Morgan fingerprint density at radius 2 is 1.64 bits per heavy atom. The maximum Gasteiger partial charge on any atom is 0.119 e. The maximum atomic E-state index is 10.5. The van der Waals surface area contributed by atoms with Crippen LogP contribution in [0.15, 0.2) is 24.3 Å². The van der Waals surface area contributed by atoms with Crippen molar-refractivity contribution in [3.05, 3.63) is 29.8 Å². The number of benzene rings is 1. The van der Waals surface area contributed by atoms with Gasteiger partial charge in [-0.25, -0.2) is 0 Å². The molecule has 160 valence electrons. The van der Waals surface area contributed by atoms with E-state index in [1.165, 1.54) is 37.7 Å². The Morgan fingerprint density at radius 1 is 1.04 bits per heavy atom. The van der Waals surface area contributed by atoms with Crippen LogP contribution in [0.3, 0.4) is 0 Å². The van der Waals surface area contributed by atoms with Crippen molar-refractivity contribution < 1.29 is 9.84 Å². The second kappa shape index (κ2) is 10.1. The van der Waals surface area contributed by atoms with Gasteiger partial charge in [0.25, 0.3) is 0 Å². The van der Waals surface area contributed by atoms with Crippen LogP contribution in [0.25, 0.3) is 0 Å². The van der Waals surface area contributed by atoms with E-state index in [1.807, 2.05) is 12.1 Å². The zero-order chi connectivity index (χ0) is 20.8. The van der Waals surface area contributed by atoms with Crippen LogP contribution in [0.5, 0.6) is 5.75 Å². The molecule has 0 unspecified atom stereocenters. The SMILES string of the molecule is CCN(C[C@@H](O)COc1ccc(C(C)(C)CC(C)(C)C)cc1)C1CCCCC1. The summed E-state index contributed by atoms with van der Waals surface area (Å²) in [5.74, 6) is 0.843. The Hall–Kier alpha value is -1.06. The molecule has 1 fully saturated rings. The molecule has 1 atom stereocenters. The first-order valence-corrected chi connectivity index (χ1v) is 11.3. The quantitative estimate of drug-likeness (QED) is 0.580. The van der Waals surface area contributed by atoms with E-state index in [2.05, 4.69) is 58.6 Å². The van der Waals surface area contributed by atoms with Crippen molar-refractivity contribution in [3.8, 4) is 5.75 Å². The average molecular weight is 390 g/mol. The van der Waals surface area contributed by atoms with Gasteiger partial charge in [-0.1, -0.05) is 72.9 Å². The van der Waals surface area contributed by atoms with Crippen molar-refractivity contribution >= 4 is 0 Å². The third-order valence-corrected chi connectivity index (χ3v) is 5.99. The molecule has 0 bridgehead atoms. The summed E-state index contributed by atoms with van der Waals surface area (Å²) >= 11 is 0. The van der Waals surface area contributed by atoms with E-state index in [-0.39, 0.29) is 5.41 Å². The van der Waals surface area contributed by atoms with Gasteiger partial charge >= 0.3 is 0 Å². The van der Waals surface area contributed by atoms with Crippen LogP contribution >= 0.6 is 0 Å². The Balaban J connectivity index is 1.85. The van der Waals surface area contributed by atoms with E-state index in [4.69, 9.17) is 4.74 Å². The molecule has 28 heavy (non-hydrogen) atoms. The minimum absolute atomic E-state index is 0.137. The molecule has 1 aromatic rings. The molecule has 0 saturated heterocycles.